The summed E-state index contributed by atoms with van der Waals surface area (Å²) in [6.45, 7) is 15.5. The third kappa shape index (κ3) is 4.72. The molecule has 1 heterocycles. The van der Waals surface area contributed by atoms with Gasteiger partial charge in [0.05, 0.1) is 0 Å². The van der Waals surface area contributed by atoms with Gasteiger partial charge in [-0.15, -0.1) is 0 Å². The van der Waals surface area contributed by atoms with Crippen molar-refractivity contribution in [2.45, 2.75) is 78.8 Å². The van der Waals surface area contributed by atoms with Crippen LogP contribution < -0.4 is 10.2 Å². The first-order valence-electron chi connectivity index (χ1n) is 11.5. The van der Waals surface area contributed by atoms with Gasteiger partial charge in [-0.2, -0.15) is 5.26 Å². The standard InChI is InChI=1S/C28H35N3O/c1-8-21-9-11-24(12-10-21)30-27(32)23(17-29)14-22-15-25-20(5)16-28(6,7)31(18(2)3)26(25)13-19(22)4/h9-15,18,20H,8,16H2,1-7H3,(H,30,32)/b23-14-/t20-/m0/s1. The number of nitrogens with one attached hydrogen (secondary N) is 1. The van der Waals surface area contributed by atoms with Crippen molar-refractivity contribution in [1.82, 2.24) is 0 Å². The normalized spacial score (nSPS) is 17.7. The molecule has 0 saturated heterocycles. The first-order chi connectivity index (χ1) is 15.1. The van der Waals surface area contributed by atoms with E-state index in [2.05, 4.69) is 70.0 Å². The number of carbonyl (C=O) groups excluding carboxylic acids is 1. The lowest BCUT2D eigenvalue weighted by Crippen LogP contribution is -2.51. The number of rotatable bonds is 5. The highest BCUT2D eigenvalue weighted by Crippen LogP contribution is 2.45. The van der Waals surface area contributed by atoms with Gasteiger partial charge in [0.2, 0.25) is 0 Å². The van der Waals surface area contributed by atoms with Crippen molar-refractivity contribution in [3.8, 4) is 6.07 Å². The molecule has 1 aliphatic heterocycles. The molecular weight excluding hydrogens is 394 g/mol. The third-order valence-electron chi connectivity index (χ3n) is 6.47. The second kappa shape index (κ2) is 9.20. The number of nitriles is 1. The zero-order valence-electron chi connectivity index (χ0n) is 20.4. The van der Waals surface area contributed by atoms with Gasteiger partial charge in [0.1, 0.15) is 11.6 Å². The fourth-order valence-corrected chi connectivity index (χ4v) is 5.07. The average molecular weight is 430 g/mol. The molecule has 0 fully saturated rings. The lowest BCUT2D eigenvalue weighted by molar-refractivity contribution is -0.112. The molecule has 0 aliphatic carbocycles. The topological polar surface area (TPSA) is 56.1 Å². The van der Waals surface area contributed by atoms with Crippen LogP contribution in [0.4, 0.5) is 11.4 Å². The Kier molecular flexibility index (Phi) is 6.79. The second-order valence-corrected chi connectivity index (χ2v) is 9.82. The molecule has 32 heavy (non-hydrogen) atoms. The Morgan fingerprint density at radius 2 is 1.94 bits per heavy atom. The Morgan fingerprint density at radius 1 is 1.28 bits per heavy atom. The van der Waals surface area contributed by atoms with Crippen LogP contribution in [-0.2, 0) is 11.2 Å². The maximum atomic E-state index is 12.8. The number of amides is 1. The van der Waals surface area contributed by atoms with E-state index in [-0.39, 0.29) is 17.0 Å². The monoisotopic (exact) mass is 429 g/mol. The number of fused-ring (bicyclic) bond motifs is 1. The number of aryl methyl sites for hydroxylation is 2. The second-order valence-electron chi connectivity index (χ2n) is 9.82. The molecule has 0 spiro atoms. The van der Waals surface area contributed by atoms with E-state index in [9.17, 15) is 10.1 Å². The van der Waals surface area contributed by atoms with E-state index in [1.807, 2.05) is 31.2 Å². The molecule has 168 valence electrons. The van der Waals surface area contributed by atoms with Crippen molar-refractivity contribution in [2.24, 2.45) is 0 Å². The average Bonchev–Trinajstić information content (AvgIpc) is 2.72. The van der Waals surface area contributed by atoms with Crippen LogP contribution in [0.3, 0.4) is 0 Å². The van der Waals surface area contributed by atoms with Crippen LogP contribution in [0.5, 0.6) is 0 Å². The van der Waals surface area contributed by atoms with Gasteiger partial charge in [0.15, 0.2) is 0 Å². The summed E-state index contributed by atoms with van der Waals surface area (Å²) < 4.78 is 0. The molecule has 1 atom stereocenters. The minimum atomic E-state index is -0.383. The first kappa shape index (κ1) is 23.6. The zero-order valence-corrected chi connectivity index (χ0v) is 20.4. The molecule has 1 amide bonds. The van der Waals surface area contributed by atoms with E-state index < -0.39 is 0 Å². The summed E-state index contributed by atoms with van der Waals surface area (Å²) in [7, 11) is 0. The number of hydrogen-bond acceptors (Lipinski definition) is 3. The maximum absolute atomic E-state index is 12.8. The predicted molar refractivity (Wildman–Crippen MR) is 134 cm³/mol. The molecule has 2 aromatic rings. The van der Waals surface area contributed by atoms with Gasteiger partial charge in [0, 0.05) is 23.0 Å². The Morgan fingerprint density at radius 3 is 2.50 bits per heavy atom. The quantitative estimate of drug-likeness (QED) is 0.430. The van der Waals surface area contributed by atoms with Crippen LogP contribution in [0.15, 0.2) is 42.0 Å². The SMILES string of the molecule is CCc1ccc(NC(=O)/C(C#N)=C\c2cc3c(cc2C)N(C(C)C)C(C)(C)C[C@@H]3C)cc1. The molecule has 0 unspecified atom stereocenters. The van der Waals surface area contributed by atoms with Gasteiger partial charge in [-0.25, -0.2) is 0 Å². The molecule has 2 aromatic carbocycles. The van der Waals surface area contributed by atoms with Crippen LogP contribution in [0.1, 0.15) is 76.1 Å². The van der Waals surface area contributed by atoms with Gasteiger partial charge in [-0.05, 0) is 106 Å². The van der Waals surface area contributed by atoms with Crippen LogP contribution in [0.2, 0.25) is 0 Å². The summed E-state index contributed by atoms with van der Waals surface area (Å²) in [6, 6.07) is 14.6. The highest BCUT2D eigenvalue weighted by Gasteiger charge is 2.37. The Hall–Kier alpha value is -3.06. The molecule has 0 saturated carbocycles. The summed E-state index contributed by atoms with van der Waals surface area (Å²) in [5, 5.41) is 12.5. The Bertz CT molecular complexity index is 1070. The summed E-state index contributed by atoms with van der Waals surface area (Å²) >= 11 is 0. The van der Waals surface area contributed by atoms with E-state index in [1.54, 1.807) is 6.08 Å². The number of nitrogens with zero attached hydrogens (tertiary/aromatic N) is 2. The molecule has 3 rings (SSSR count). The van der Waals surface area contributed by atoms with Crippen molar-refractivity contribution >= 4 is 23.4 Å². The third-order valence-corrected chi connectivity index (χ3v) is 6.47. The number of anilines is 2. The van der Waals surface area contributed by atoms with Crippen LogP contribution >= 0.6 is 0 Å². The van der Waals surface area contributed by atoms with E-state index >= 15 is 0 Å². The summed E-state index contributed by atoms with van der Waals surface area (Å²) in [5.74, 6) is 0.0195. The predicted octanol–water partition coefficient (Wildman–Crippen LogP) is 6.60. The van der Waals surface area contributed by atoms with Crippen molar-refractivity contribution in [2.75, 3.05) is 10.2 Å². The van der Waals surface area contributed by atoms with Crippen molar-refractivity contribution in [1.29, 1.82) is 5.26 Å². The summed E-state index contributed by atoms with van der Waals surface area (Å²) in [5.41, 5.74) is 6.61. The number of hydrogen-bond donors (Lipinski definition) is 1. The van der Waals surface area contributed by atoms with Gasteiger partial charge in [0.25, 0.3) is 5.91 Å². The minimum absolute atomic E-state index is 0.0788. The smallest absolute Gasteiger partial charge is 0.266 e. The number of benzene rings is 2. The van der Waals surface area contributed by atoms with E-state index in [1.165, 1.54) is 16.8 Å². The molecular formula is C28H35N3O. The molecule has 0 radical (unpaired) electrons. The van der Waals surface area contributed by atoms with Gasteiger partial charge >= 0.3 is 0 Å². The van der Waals surface area contributed by atoms with Gasteiger partial charge < -0.3 is 10.2 Å². The molecule has 4 nitrogen and oxygen atoms in total. The molecule has 0 bridgehead atoms. The van der Waals surface area contributed by atoms with Crippen molar-refractivity contribution < 1.29 is 4.79 Å². The minimum Gasteiger partial charge on any atom is -0.364 e. The molecule has 4 heteroatoms. The highest BCUT2D eigenvalue weighted by molar-refractivity contribution is 6.09. The highest BCUT2D eigenvalue weighted by atomic mass is 16.1. The molecule has 1 N–H and O–H groups in total. The van der Waals surface area contributed by atoms with Crippen LogP contribution in [0.25, 0.3) is 6.08 Å². The fraction of sp³-hybridized carbons (Fsp3) is 0.429. The fourth-order valence-electron chi connectivity index (χ4n) is 5.07. The molecule has 1 aliphatic rings. The van der Waals surface area contributed by atoms with Crippen molar-refractivity contribution in [3.63, 3.8) is 0 Å². The number of carbonyl (C=O) groups is 1. The first-order valence-corrected chi connectivity index (χ1v) is 11.5. The van der Waals surface area contributed by atoms with Crippen molar-refractivity contribution in [3.05, 3.63) is 64.2 Å². The lowest BCUT2D eigenvalue weighted by atomic mass is 9.78. The maximum Gasteiger partial charge on any atom is 0.266 e. The van der Waals surface area contributed by atoms with Crippen LogP contribution in [0, 0.1) is 18.3 Å². The van der Waals surface area contributed by atoms with E-state index in [4.69, 9.17) is 0 Å². The summed E-state index contributed by atoms with van der Waals surface area (Å²) in [6.07, 6.45) is 3.72. The van der Waals surface area contributed by atoms with Gasteiger partial charge in [-0.3, -0.25) is 4.79 Å². The van der Waals surface area contributed by atoms with Gasteiger partial charge in [-0.1, -0.05) is 26.0 Å². The summed E-state index contributed by atoms with van der Waals surface area (Å²) in [4.78, 5) is 15.3. The lowest BCUT2D eigenvalue weighted by Gasteiger charge is -2.50. The Labute approximate surface area is 192 Å². The largest absolute Gasteiger partial charge is 0.364 e. The molecule has 0 aromatic heterocycles. The Balaban J connectivity index is 1.95. The zero-order chi connectivity index (χ0) is 23.6. The van der Waals surface area contributed by atoms with Crippen LogP contribution in [-0.4, -0.2) is 17.5 Å². The van der Waals surface area contributed by atoms with E-state index in [0.717, 1.165) is 24.0 Å². The van der Waals surface area contributed by atoms with E-state index in [0.29, 0.717) is 17.6 Å².